The fraction of sp³-hybridized carbons (Fsp3) is 0.125. The number of fused-ring (bicyclic) bond motifs is 1. The minimum Gasteiger partial charge on any atom is -0.399 e. The van der Waals surface area contributed by atoms with Gasteiger partial charge in [0.1, 0.15) is 0 Å². The molecule has 3 nitrogen and oxygen atoms in total. The monoisotopic (exact) mass is 181 g/mol. The maximum absolute atomic E-state index is 5.86. The molecule has 0 unspecified atom stereocenters. The molecule has 0 bridgehead atoms. The van der Waals surface area contributed by atoms with E-state index in [1.165, 1.54) is 0 Å². The van der Waals surface area contributed by atoms with Gasteiger partial charge in [0.05, 0.1) is 5.52 Å². The van der Waals surface area contributed by atoms with E-state index in [0.717, 1.165) is 16.6 Å². The molecule has 0 aliphatic rings. The van der Waals surface area contributed by atoms with Gasteiger partial charge in [0.15, 0.2) is 5.15 Å². The molecule has 0 atom stereocenters. The molecule has 4 heteroatoms. The number of nitrogens with two attached hydrogens (primary N) is 1. The molecule has 0 fully saturated rings. The second-order valence-electron chi connectivity index (χ2n) is 2.69. The lowest BCUT2D eigenvalue weighted by molar-refractivity contribution is 0.797. The van der Waals surface area contributed by atoms with Crippen molar-refractivity contribution in [3.05, 3.63) is 23.4 Å². The number of nitrogens with zero attached hydrogens (tertiary/aromatic N) is 2. The van der Waals surface area contributed by atoms with Gasteiger partial charge in [0.2, 0.25) is 0 Å². The highest BCUT2D eigenvalue weighted by Crippen LogP contribution is 2.23. The highest BCUT2D eigenvalue weighted by Gasteiger charge is 2.04. The van der Waals surface area contributed by atoms with Gasteiger partial charge in [-0.3, -0.25) is 4.68 Å². The van der Waals surface area contributed by atoms with Crippen LogP contribution in [0.2, 0.25) is 5.15 Å². The largest absolute Gasteiger partial charge is 0.399 e. The van der Waals surface area contributed by atoms with E-state index >= 15 is 0 Å². The summed E-state index contributed by atoms with van der Waals surface area (Å²) in [6, 6.07) is 5.55. The van der Waals surface area contributed by atoms with Crippen LogP contribution in [-0.2, 0) is 7.05 Å². The van der Waals surface area contributed by atoms with E-state index < -0.39 is 0 Å². The van der Waals surface area contributed by atoms with Crippen molar-refractivity contribution >= 4 is 28.2 Å². The van der Waals surface area contributed by atoms with Crippen LogP contribution in [0.5, 0.6) is 0 Å². The van der Waals surface area contributed by atoms with Crippen LogP contribution in [0.3, 0.4) is 0 Å². The molecular weight excluding hydrogens is 174 g/mol. The van der Waals surface area contributed by atoms with Crippen LogP contribution in [0.15, 0.2) is 18.2 Å². The van der Waals surface area contributed by atoms with Crippen molar-refractivity contribution in [3.8, 4) is 0 Å². The summed E-state index contributed by atoms with van der Waals surface area (Å²) in [6.45, 7) is 0. The van der Waals surface area contributed by atoms with Gasteiger partial charge in [-0.05, 0) is 18.2 Å². The summed E-state index contributed by atoms with van der Waals surface area (Å²) in [5.41, 5.74) is 7.30. The van der Waals surface area contributed by atoms with Crippen molar-refractivity contribution in [2.45, 2.75) is 0 Å². The summed E-state index contributed by atoms with van der Waals surface area (Å²) < 4.78 is 1.72. The molecule has 2 rings (SSSR count). The van der Waals surface area contributed by atoms with Crippen LogP contribution in [-0.4, -0.2) is 9.78 Å². The minimum atomic E-state index is 0.521. The SMILES string of the molecule is Cn1nc(Cl)c2ccc(N)cc21. The van der Waals surface area contributed by atoms with Crippen molar-refractivity contribution < 1.29 is 0 Å². The third-order valence-electron chi connectivity index (χ3n) is 1.83. The lowest BCUT2D eigenvalue weighted by atomic mass is 10.2. The first-order valence-electron chi connectivity index (χ1n) is 3.56. The lowest BCUT2D eigenvalue weighted by Gasteiger charge is -1.94. The van der Waals surface area contributed by atoms with Gasteiger partial charge in [0.25, 0.3) is 0 Å². The highest BCUT2D eigenvalue weighted by atomic mass is 35.5. The van der Waals surface area contributed by atoms with Gasteiger partial charge in [0, 0.05) is 18.1 Å². The highest BCUT2D eigenvalue weighted by molar-refractivity contribution is 6.34. The summed E-state index contributed by atoms with van der Waals surface area (Å²) in [4.78, 5) is 0. The average Bonchev–Trinajstić information content (AvgIpc) is 2.28. The van der Waals surface area contributed by atoms with Crippen molar-refractivity contribution in [1.82, 2.24) is 9.78 Å². The number of rotatable bonds is 0. The Kier molecular flexibility index (Phi) is 1.48. The number of aryl methyl sites for hydroxylation is 1. The molecule has 12 heavy (non-hydrogen) atoms. The summed E-state index contributed by atoms with van der Waals surface area (Å²) in [5.74, 6) is 0. The normalized spacial score (nSPS) is 10.8. The molecule has 0 radical (unpaired) electrons. The zero-order valence-corrected chi connectivity index (χ0v) is 7.34. The van der Waals surface area contributed by atoms with Gasteiger partial charge in [-0.15, -0.1) is 0 Å². The Morgan fingerprint density at radius 1 is 1.50 bits per heavy atom. The molecule has 1 aromatic heterocycles. The van der Waals surface area contributed by atoms with Crippen LogP contribution < -0.4 is 5.73 Å². The van der Waals surface area contributed by atoms with Crippen LogP contribution in [0.4, 0.5) is 5.69 Å². The summed E-state index contributed by atoms with van der Waals surface area (Å²) in [6.07, 6.45) is 0. The fourth-order valence-electron chi connectivity index (χ4n) is 1.23. The Morgan fingerprint density at radius 2 is 2.25 bits per heavy atom. The van der Waals surface area contributed by atoms with Crippen LogP contribution >= 0.6 is 11.6 Å². The number of hydrogen-bond acceptors (Lipinski definition) is 2. The second-order valence-corrected chi connectivity index (χ2v) is 3.05. The van der Waals surface area contributed by atoms with Crippen LogP contribution in [0.25, 0.3) is 10.9 Å². The predicted octanol–water partition coefficient (Wildman–Crippen LogP) is 1.81. The van der Waals surface area contributed by atoms with Crippen molar-refractivity contribution in [1.29, 1.82) is 0 Å². The molecule has 1 heterocycles. The first-order chi connectivity index (χ1) is 5.68. The van der Waals surface area contributed by atoms with Gasteiger partial charge < -0.3 is 5.73 Å². The summed E-state index contributed by atoms with van der Waals surface area (Å²) >= 11 is 5.86. The Hall–Kier alpha value is -1.22. The molecule has 0 aliphatic carbocycles. The molecular formula is C8H8ClN3. The van der Waals surface area contributed by atoms with Crippen molar-refractivity contribution in [2.24, 2.45) is 7.05 Å². The summed E-state index contributed by atoms with van der Waals surface area (Å²) in [7, 11) is 1.84. The Labute approximate surface area is 74.7 Å². The maximum atomic E-state index is 5.86. The van der Waals surface area contributed by atoms with Gasteiger partial charge in [-0.25, -0.2) is 0 Å². The van der Waals surface area contributed by atoms with E-state index in [2.05, 4.69) is 5.10 Å². The third-order valence-corrected chi connectivity index (χ3v) is 2.11. The smallest absolute Gasteiger partial charge is 0.158 e. The van der Waals surface area contributed by atoms with Crippen molar-refractivity contribution in [3.63, 3.8) is 0 Å². The van der Waals surface area contributed by atoms with E-state index in [1.54, 1.807) is 4.68 Å². The van der Waals surface area contributed by atoms with Gasteiger partial charge >= 0.3 is 0 Å². The van der Waals surface area contributed by atoms with Crippen LogP contribution in [0.1, 0.15) is 0 Å². The number of nitrogen functional groups attached to an aromatic ring is 1. The minimum absolute atomic E-state index is 0.521. The van der Waals surface area contributed by atoms with E-state index in [1.807, 2.05) is 25.2 Å². The number of aromatic nitrogens is 2. The number of anilines is 1. The van der Waals surface area contributed by atoms with E-state index in [9.17, 15) is 0 Å². The Morgan fingerprint density at radius 3 is 3.00 bits per heavy atom. The number of benzene rings is 1. The zero-order chi connectivity index (χ0) is 8.72. The Bertz CT molecular complexity index is 433. The molecule has 2 N–H and O–H groups in total. The first-order valence-corrected chi connectivity index (χ1v) is 3.94. The van der Waals surface area contributed by atoms with E-state index in [0.29, 0.717) is 5.15 Å². The standard InChI is InChI=1S/C8H8ClN3/c1-12-7-4-5(10)2-3-6(7)8(9)11-12/h2-4H,10H2,1H3. The first kappa shape index (κ1) is 7.43. The van der Waals surface area contributed by atoms with Gasteiger partial charge in [-0.1, -0.05) is 11.6 Å². The molecule has 62 valence electrons. The van der Waals surface area contributed by atoms with Crippen molar-refractivity contribution in [2.75, 3.05) is 5.73 Å². The molecule has 0 spiro atoms. The summed E-state index contributed by atoms with van der Waals surface area (Å²) in [5, 5.41) is 5.52. The zero-order valence-electron chi connectivity index (χ0n) is 6.58. The maximum Gasteiger partial charge on any atom is 0.158 e. The molecule has 0 amide bonds. The van der Waals surface area contributed by atoms with E-state index in [4.69, 9.17) is 17.3 Å². The lowest BCUT2D eigenvalue weighted by Crippen LogP contribution is -1.90. The molecule has 0 saturated heterocycles. The second kappa shape index (κ2) is 2.38. The number of hydrogen-bond donors (Lipinski definition) is 1. The quantitative estimate of drug-likeness (QED) is 0.630. The molecule has 0 saturated carbocycles. The molecule has 1 aromatic carbocycles. The Balaban J connectivity index is 2.90. The predicted molar refractivity (Wildman–Crippen MR) is 50.1 cm³/mol. The topological polar surface area (TPSA) is 43.8 Å². The van der Waals surface area contributed by atoms with Gasteiger partial charge in [-0.2, -0.15) is 5.10 Å². The fourth-order valence-corrected chi connectivity index (χ4v) is 1.50. The van der Waals surface area contributed by atoms with E-state index in [-0.39, 0.29) is 0 Å². The molecule has 2 aromatic rings. The number of halogens is 1. The van der Waals surface area contributed by atoms with Crippen LogP contribution in [0, 0.1) is 0 Å². The average molecular weight is 182 g/mol. The molecule has 0 aliphatic heterocycles. The third kappa shape index (κ3) is 0.940.